The second kappa shape index (κ2) is 3.97. The van der Waals surface area contributed by atoms with Crippen LogP contribution in [0.1, 0.15) is 50.9 Å². The van der Waals surface area contributed by atoms with Crippen molar-refractivity contribution in [2.45, 2.75) is 46.6 Å². The highest BCUT2D eigenvalue weighted by molar-refractivity contribution is 5.82. The summed E-state index contributed by atoms with van der Waals surface area (Å²) in [6, 6.07) is 9.59. The predicted octanol–water partition coefficient (Wildman–Crippen LogP) is 4.65. The van der Waals surface area contributed by atoms with E-state index in [0.29, 0.717) is 12.0 Å². The van der Waals surface area contributed by atoms with Gasteiger partial charge in [-0.25, -0.2) is 0 Å². The molecule has 86 valence electrons. The molecule has 16 heavy (non-hydrogen) atoms. The fraction of sp³-hybridized carbons (Fsp3) is 0.467. The van der Waals surface area contributed by atoms with E-state index < -0.39 is 0 Å². The van der Waals surface area contributed by atoms with Gasteiger partial charge in [0.05, 0.1) is 0 Å². The highest BCUT2D eigenvalue weighted by atomic mass is 15.0. The molecule has 0 spiro atoms. The van der Waals surface area contributed by atoms with Crippen LogP contribution in [0, 0.1) is 6.92 Å². The van der Waals surface area contributed by atoms with Crippen molar-refractivity contribution in [3.05, 3.63) is 35.5 Å². The summed E-state index contributed by atoms with van der Waals surface area (Å²) in [5.74, 6) is 0.579. The van der Waals surface area contributed by atoms with Crippen molar-refractivity contribution in [3.63, 3.8) is 0 Å². The zero-order chi connectivity index (χ0) is 11.9. The van der Waals surface area contributed by atoms with E-state index in [-0.39, 0.29) is 0 Å². The Kier molecular flexibility index (Phi) is 2.79. The smallest absolute Gasteiger partial charge is 0.0485 e. The van der Waals surface area contributed by atoms with Gasteiger partial charge in [-0.05, 0) is 44.9 Å². The fourth-order valence-corrected chi connectivity index (χ4v) is 2.40. The normalized spacial score (nSPS) is 11.9. The average Bonchev–Trinajstić information content (AvgIpc) is 2.55. The Morgan fingerprint density at radius 3 is 2.25 bits per heavy atom. The van der Waals surface area contributed by atoms with E-state index in [2.05, 4.69) is 63.5 Å². The Hall–Kier alpha value is -1.24. The maximum atomic E-state index is 2.46. The summed E-state index contributed by atoms with van der Waals surface area (Å²) in [6.07, 6.45) is 0. The molecular weight excluding hydrogens is 194 g/mol. The number of aromatic nitrogens is 1. The summed E-state index contributed by atoms with van der Waals surface area (Å²) >= 11 is 0. The number of fused-ring (bicyclic) bond motifs is 1. The first kappa shape index (κ1) is 11.3. The number of aryl methyl sites for hydroxylation is 1. The largest absolute Gasteiger partial charge is 0.342 e. The molecule has 0 radical (unpaired) electrons. The van der Waals surface area contributed by atoms with Crippen LogP contribution in [0.4, 0.5) is 0 Å². The average molecular weight is 215 g/mol. The minimum Gasteiger partial charge on any atom is -0.342 e. The summed E-state index contributed by atoms with van der Waals surface area (Å²) in [7, 11) is 0. The number of rotatable bonds is 2. The maximum absolute atomic E-state index is 2.46. The van der Waals surface area contributed by atoms with E-state index in [9.17, 15) is 0 Å². The van der Waals surface area contributed by atoms with Gasteiger partial charge in [0.1, 0.15) is 0 Å². The molecule has 0 bridgehead atoms. The molecule has 1 heteroatoms. The van der Waals surface area contributed by atoms with Crippen molar-refractivity contribution in [2.75, 3.05) is 0 Å². The molecule has 2 rings (SSSR count). The molecule has 0 saturated heterocycles. The Morgan fingerprint density at radius 1 is 1.00 bits per heavy atom. The molecule has 0 N–H and O–H groups in total. The van der Waals surface area contributed by atoms with Gasteiger partial charge in [0.2, 0.25) is 0 Å². The third-order valence-corrected chi connectivity index (χ3v) is 3.13. The topological polar surface area (TPSA) is 4.93 Å². The van der Waals surface area contributed by atoms with Crippen LogP contribution < -0.4 is 0 Å². The number of nitrogens with zero attached hydrogens (tertiary/aromatic N) is 1. The minimum absolute atomic E-state index is 0.526. The monoisotopic (exact) mass is 215 g/mol. The molecule has 0 aliphatic rings. The van der Waals surface area contributed by atoms with Crippen molar-refractivity contribution in [1.29, 1.82) is 0 Å². The van der Waals surface area contributed by atoms with E-state index in [0.717, 1.165) is 0 Å². The zero-order valence-electron chi connectivity index (χ0n) is 10.9. The molecule has 0 unspecified atom stereocenters. The van der Waals surface area contributed by atoms with Crippen molar-refractivity contribution < 1.29 is 0 Å². The first-order valence-electron chi connectivity index (χ1n) is 6.12. The highest BCUT2D eigenvalue weighted by Gasteiger charge is 2.13. The van der Waals surface area contributed by atoms with Crippen molar-refractivity contribution in [3.8, 4) is 0 Å². The Balaban J connectivity index is 2.75. The molecule has 0 aliphatic heterocycles. The van der Waals surface area contributed by atoms with E-state index in [1.54, 1.807) is 0 Å². The van der Waals surface area contributed by atoms with Gasteiger partial charge in [-0.2, -0.15) is 0 Å². The van der Waals surface area contributed by atoms with E-state index in [1.165, 1.54) is 22.2 Å². The molecular formula is C15H21N. The van der Waals surface area contributed by atoms with Gasteiger partial charge in [0.15, 0.2) is 0 Å². The summed E-state index contributed by atoms with van der Waals surface area (Å²) < 4.78 is 2.46. The predicted molar refractivity (Wildman–Crippen MR) is 71.1 cm³/mol. The highest BCUT2D eigenvalue weighted by Crippen LogP contribution is 2.29. The van der Waals surface area contributed by atoms with Crippen LogP contribution in [0.5, 0.6) is 0 Å². The SMILES string of the molecule is Cc1ccc2c(c1)cc(C(C)C)n2C(C)C. The summed E-state index contributed by atoms with van der Waals surface area (Å²) in [6.45, 7) is 11.2. The van der Waals surface area contributed by atoms with Crippen molar-refractivity contribution in [2.24, 2.45) is 0 Å². The van der Waals surface area contributed by atoms with Gasteiger partial charge >= 0.3 is 0 Å². The van der Waals surface area contributed by atoms with Crippen LogP contribution in [0.25, 0.3) is 10.9 Å². The third-order valence-electron chi connectivity index (χ3n) is 3.13. The van der Waals surface area contributed by atoms with Crippen LogP contribution >= 0.6 is 0 Å². The van der Waals surface area contributed by atoms with Gasteiger partial charge in [-0.15, -0.1) is 0 Å². The van der Waals surface area contributed by atoms with Gasteiger partial charge in [-0.1, -0.05) is 25.5 Å². The van der Waals surface area contributed by atoms with Crippen LogP contribution in [0.15, 0.2) is 24.3 Å². The number of hydrogen-bond acceptors (Lipinski definition) is 0. The summed E-state index contributed by atoms with van der Waals surface area (Å²) in [4.78, 5) is 0. The summed E-state index contributed by atoms with van der Waals surface area (Å²) in [5.41, 5.74) is 4.14. The lowest BCUT2D eigenvalue weighted by molar-refractivity contribution is 0.577. The molecule has 0 aliphatic carbocycles. The van der Waals surface area contributed by atoms with E-state index in [1.807, 2.05) is 0 Å². The van der Waals surface area contributed by atoms with Gasteiger partial charge < -0.3 is 4.57 Å². The van der Waals surface area contributed by atoms with Gasteiger partial charge in [0.25, 0.3) is 0 Å². The first-order chi connectivity index (χ1) is 7.50. The molecule has 1 heterocycles. The first-order valence-corrected chi connectivity index (χ1v) is 6.12. The standard InChI is InChI=1S/C15H21N/c1-10(2)15-9-13-8-12(5)6-7-14(13)16(15)11(3)4/h6-11H,1-5H3. The lowest BCUT2D eigenvalue weighted by Crippen LogP contribution is -2.06. The van der Waals surface area contributed by atoms with Crippen LogP contribution in [0.3, 0.4) is 0 Å². The Labute approximate surface area is 98.1 Å². The van der Waals surface area contributed by atoms with Crippen molar-refractivity contribution in [1.82, 2.24) is 4.57 Å². The molecule has 0 saturated carbocycles. The lowest BCUT2D eigenvalue weighted by Gasteiger charge is -2.16. The molecule has 0 fully saturated rings. The number of hydrogen-bond donors (Lipinski definition) is 0. The second-order valence-electron chi connectivity index (χ2n) is 5.25. The zero-order valence-corrected chi connectivity index (χ0v) is 10.9. The molecule has 1 aromatic carbocycles. The van der Waals surface area contributed by atoms with E-state index in [4.69, 9.17) is 0 Å². The summed E-state index contributed by atoms with van der Waals surface area (Å²) in [5, 5.41) is 1.37. The molecule has 2 aromatic rings. The Morgan fingerprint density at radius 2 is 1.69 bits per heavy atom. The molecule has 0 atom stereocenters. The fourth-order valence-electron chi connectivity index (χ4n) is 2.40. The number of benzene rings is 1. The van der Waals surface area contributed by atoms with Crippen LogP contribution in [0.2, 0.25) is 0 Å². The lowest BCUT2D eigenvalue weighted by atomic mass is 10.1. The minimum atomic E-state index is 0.526. The third kappa shape index (κ3) is 1.75. The maximum Gasteiger partial charge on any atom is 0.0485 e. The van der Waals surface area contributed by atoms with Crippen molar-refractivity contribution >= 4 is 10.9 Å². The van der Waals surface area contributed by atoms with Crippen LogP contribution in [-0.4, -0.2) is 4.57 Å². The van der Waals surface area contributed by atoms with Crippen LogP contribution in [-0.2, 0) is 0 Å². The molecule has 1 aromatic heterocycles. The van der Waals surface area contributed by atoms with E-state index >= 15 is 0 Å². The van der Waals surface area contributed by atoms with Gasteiger partial charge in [-0.3, -0.25) is 0 Å². The van der Waals surface area contributed by atoms with Gasteiger partial charge in [0, 0.05) is 22.6 Å². The second-order valence-corrected chi connectivity index (χ2v) is 5.25. The molecule has 0 amide bonds. The quantitative estimate of drug-likeness (QED) is 0.687. The molecule has 1 nitrogen and oxygen atoms in total. The Bertz CT molecular complexity index is 503.